The molecule has 0 aromatic carbocycles. The van der Waals surface area contributed by atoms with Gasteiger partial charge >= 0.3 is 0 Å². The smallest absolute Gasteiger partial charge is 0.162 e. The van der Waals surface area contributed by atoms with Gasteiger partial charge in [0, 0.05) is 20.1 Å². The van der Waals surface area contributed by atoms with E-state index in [9.17, 15) is 0 Å². The number of nitrogens with zero attached hydrogens (tertiary/aromatic N) is 4. The van der Waals surface area contributed by atoms with E-state index in [2.05, 4.69) is 22.0 Å². The van der Waals surface area contributed by atoms with Gasteiger partial charge in [0.25, 0.3) is 0 Å². The van der Waals surface area contributed by atoms with Gasteiger partial charge in [0.2, 0.25) is 0 Å². The van der Waals surface area contributed by atoms with E-state index in [-0.39, 0.29) is 5.84 Å². The van der Waals surface area contributed by atoms with E-state index in [1.807, 2.05) is 33.0 Å². The van der Waals surface area contributed by atoms with Gasteiger partial charge < -0.3 is 15.5 Å². The van der Waals surface area contributed by atoms with E-state index in [1.165, 1.54) is 0 Å². The van der Waals surface area contributed by atoms with Gasteiger partial charge in [-0.05, 0) is 32.5 Å². The second kappa shape index (κ2) is 7.19. The summed E-state index contributed by atoms with van der Waals surface area (Å²) in [5, 5.41) is 16.5. The molecule has 0 fully saturated rings. The lowest BCUT2D eigenvalue weighted by Crippen LogP contribution is -2.32. The lowest BCUT2D eigenvalue weighted by atomic mass is 10.0. The largest absolute Gasteiger partial charge is 0.384 e. The molecule has 0 saturated heterocycles. The maximum Gasteiger partial charge on any atom is 0.162 e. The van der Waals surface area contributed by atoms with Crippen molar-refractivity contribution in [2.75, 3.05) is 39.1 Å². The third kappa shape index (κ3) is 3.66. The van der Waals surface area contributed by atoms with Crippen molar-refractivity contribution in [1.82, 2.24) is 15.1 Å². The van der Waals surface area contributed by atoms with Crippen LogP contribution in [0, 0.1) is 5.41 Å². The van der Waals surface area contributed by atoms with Gasteiger partial charge in [-0.25, -0.2) is 0 Å². The van der Waals surface area contributed by atoms with Crippen molar-refractivity contribution in [3.8, 4) is 0 Å². The SMILES string of the molecule is CCc1nnc(N(C)CCN(C)C)c(C(=N)N)c1CC. The highest BCUT2D eigenvalue weighted by Crippen LogP contribution is 2.22. The van der Waals surface area contributed by atoms with Gasteiger partial charge in [0.05, 0.1) is 11.3 Å². The number of rotatable bonds is 7. The third-order valence-corrected chi connectivity index (χ3v) is 3.34. The van der Waals surface area contributed by atoms with Gasteiger partial charge in [0.15, 0.2) is 5.82 Å². The van der Waals surface area contributed by atoms with E-state index in [0.29, 0.717) is 5.82 Å². The van der Waals surface area contributed by atoms with Crippen LogP contribution < -0.4 is 10.6 Å². The average molecular weight is 278 g/mol. The van der Waals surface area contributed by atoms with Crippen LogP contribution in [0.3, 0.4) is 0 Å². The van der Waals surface area contributed by atoms with Crippen LogP contribution in [0.25, 0.3) is 0 Å². The normalized spacial score (nSPS) is 10.9. The van der Waals surface area contributed by atoms with Crippen molar-refractivity contribution in [2.24, 2.45) is 5.73 Å². The molecular weight excluding hydrogens is 252 g/mol. The number of anilines is 1. The standard InChI is InChI=1S/C14H26N6/c1-6-10-11(7-2)17-18-14(12(10)13(15)16)20(5)9-8-19(3)4/h6-9H2,1-5H3,(H3,15,16). The van der Waals surface area contributed by atoms with Crippen LogP contribution in [0.1, 0.15) is 30.7 Å². The highest BCUT2D eigenvalue weighted by atomic mass is 15.3. The minimum atomic E-state index is 0.0677. The first kappa shape index (κ1) is 16.4. The Labute approximate surface area is 121 Å². The minimum Gasteiger partial charge on any atom is -0.384 e. The maximum atomic E-state index is 7.88. The molecule has 0 aliphatic rings. The molecule has 3 N–H and O–H groups in total. The van der Waals surface area contributed by atoms with E-state index in [0.717, 1.165) is 42.8 Å². The first-order chi connectivity index (χ1) is 9.42. The number of nitrogens with two attached hydrogens (primary N) is 1. The molecule has 20 heavy (non-hydrogen) atoms. The van der Waals surface area contributed by atoms with Crippen LogP contribution in [0.4, 0.5) is 5.82 Å². The van der Waals surface area contributed by atoms with Gasteiger partial charge in [-0.1, -0.05) is 13.8 Å². The van der Waals surface area contributed by atoms with E-state index >= 15 is 0 Å². The summed E-state index contributed by atoms with van der Waals surface area (Å²) < 4.78 is 0. The molecule has 0 aliphatic heterocycles. The van der Waals surface area contributed by atoms with Crippen LogP contribution in [-0.4, -0.2) is 55.2 Å². The maximum absolute atomic E-state index is 7.88. The fraction of sp³-hybridized carbons (Fsp3) is 0.643. The lowest BCUT2D eigenvalue weighted by Gasteiger charge is -2.24. The predicted molar refractivity (Wildman–Crippen MR) is 83.6 cm³/mol. The van der Waals surface area contributed by atoms with Crippen molar-refractivity contribution >= 4 is 11.7 Å². The summed E-state index contributed by atoms with van der Waals surface area (Å²) in [6.45, 7) is 5.83. The summed E-state index contributed by atoms with van der Waals surface area (Å²) in [6.07, 6.45) is 1.61. The molecular formula is C14H26N6. The Morgan fingerprint density at radius 1 is 1.10 bits per heavy atom. The number of aromatic nitrogens is 2. The van der Waals surface area contributed by atoms with Gasteiger partial charge in [-0.2, -0.15) is 5.10 Å². The summed E-state index contributed by atoms with van der Waals surface area (Å²) in [5.41, 5.74) is 8.50. The summed E-state index contributed by atoms with van der Waals surface area (Å²) in [5.74, 6) is 0.770. The molecule has 0 atom stereocenters. The molecule has 6 nitrogen and oxygen atoms in total. The highest BCUT2D eigenvalue weighted by Gasteiger charge is 2.19. The van der Waals surface area contributed by atoms with Gasteiger partial charge in [-0.15, -0.1) is 5.10 Å². The van der Waals surface area contributed by atoms with Crippen LogP contribution in [0.15, 0.2) is 0 Å². The molecule has 0 radical (unpaired) electrons. The third-order valence-electron chi connectivity index (χ3n) is 3.34. The minimum absolute atomic E-state index is 0.0677. The molecule has 1 rings (SSSR count). The first-order valence-electron chi connectivity index (χ1n) is 7.00. The predicted octanol–water partition coefficient (Wildman–Crippen LogP) is 0.883. The number of amidine groups is 1. The summed E-state index contributed by atoms with van der Waals surface area (Å²) >= 11 is 0. The van der Waals surface area contributed by atoms with Crippen LogP contribution in [0.5, 0.6) is 0 Å². The monoisotopic (exact) mass is 278 g/mol. The van der Waals surface area contributed by atoms with Crippen LogP contribution in [0.2, 0.25) is 0 Å². The van der Waals surface area contributed by atoms with E-state index in [1.54, 1.807) is 0 Å². The zero-order valence-electron chi connectivity index (χ0n) is 13.2. The number of likely N-dealkylation sites (N-methyl/N-ethyl adjacent to an activating group) is 2. The quantitative estimate of drug-likeness (QED) is 0.571. The Hall–Kier alpha value is -1.69. The van der Waals surface area contributed by atoms with Crippen molar-refractivity contribution < 1.29 is 0 Å². The highest BCUT2D eigenvalue weighted by molar-refractivity contribution is 6.01. The Kier molecular flexibility index (Phi) is 5.88. The molecule has 1 heterocycles. The molecule has 0 unspecified atom stereocenters. The molecule has 0 aliphatic carbocycles. The number of hydrogen-bond donors (Lipinski definition) is 2. The molecule has 0 saturated carbocycles. The van der Waals surface area contributed by atoms with Crippen molar-refractivity contribution in [3.05, 3.63) is 16.8 Å². The Bertz CT molecular complexity index is 469. The summed E-state index contributed by atoms with van der Waals surface area (Å²) in [6, 6.07) is 0. The van der Waals surface area contributed by atoms with Crippen molar-refractivity contribution in [2.45, 2.75) is 26.7 Å². The van der Waals surface area contributed by atoms with Crippen LogP contribution in [-0.2, 0) is 12.8 Å². The molecule has 1 aromatic heterocycles. The Balaban J connectivity index is 3.22. The fourth-order valence-corrected chi connectivity index (χ4v) is 2.17. The number of nitrogens with one attached hydrogen (secondary N) is 1. The first-order valence-corrected chi connectivity index (χ1v) is 7.00. The zero-order chi connectivity index (χ0) is 15.3. The fourth-order valence-electron chi connectivity index (χ4n) is 2.17. The van der Waals surface area contributed by atoms with Crippen molar-refractivity contribution in [3.63, 3.8) is 0 Å². The molecule has 0 spiro atoms. The van der Waals surface area contributed by atoms with Gasteiger partial charge in [-0.3, -0.25) is 5.41 Å². The molecule has 6 heteroatoms. The van der Waals surface area contributed by atoms with Gasteiger partial charge in [0.1, 0.15) is 5.84 Å². The average Bonchev–Trinajstić information content (AvgIpc) is 2.42. The van der Waals surface area contributed by atoms with Crippen LogP contribution >= 0.6 is 0 Å². The topological polar surface area (TPSA) is 82.1 Å². The second-order valence-electron chi connectivity index (χ2n) is 5.17. The lowest BCUT2D eigenvalue weighted by molar-refractivity contribution is 0.416. The number of hydrogen-bond acceptors (Lipinski definition) is 5. The molecule has 1 aromatic rings. The Morgan fingerprint density at radius 3 is 2.20 bits per heavy atom. The zero-order valence-corrected chi connectivity index (χ0v) is 13.2. The summed E-state index contributed by atoms with van der Waals surface area (Å²) in [4.78, 5) is 4.13. The van der Waals surface area contributed by atoms with E-state index in [4.69, 9.17) is 11.1 Å². The number of aryl methyl sites for hydroxylation is 1. The Morgan fingerprint density at radius 2 is 1.75 bits per heavy atom. The van der Waals surface area contributed by atoms with E-state index < -0.39 is 0 Å². The summed E-state index contributed by atoms with van der Waals surface area (Å²) in [7, 11) is 6.02. The number of nitrogen functional groups attached to an aromatic ring is 1. The molecule has 112 valence electrons. The molecule has 0 bridgehead atoms. The van der Waals surface area contributed by atoms with Crippen molar-refractivity contribution in [1.29, 1.82) is 5.41 Å². The second-order valence-corrected chi connectivity index (χ2v) is 5.17. The molecule has 0 amide bonds.